The Bertz CT molecular complexity index is 1520. The minimum Gasteiger partial charge on any atom is -0.342 e. The van der Waals surface area contributed by atoms with Gasteiger partial charge < -0.3 is 10.3 Å². The molecule has 38 heavy (non-hydrogen) atoms. The number of H-pyrrole nitrogens is 1. The second-order valence-corrected chi connectivity index (χ2v) is 8.95. The average Bonchev–Trinajstić information content (AvgIpc) is 3.43. The Morgan fingerprint density at radius 2 is 1.84 bits per heavy atom. The molecule has 0 saturated heterocycles. The van der Waals surface area contributed by atoms with Crippen molar-refractivity contribution < 1.29 is 14.4 Å². The fraction of sp³-hybridized carbons (Fsp3) is 0.148. The number of aromatic amines is 1. The first-order chi connectivity index (χ1) is 18.3. The number of nitrogens with zero attached hydrogens (tertiary/aromatic N) is 4. The fourth-order valence-electron chi connectivity index (χ4n) is 3.76. The Hall–Kier alpha value is -4.70. The largest absolute Gasteiger partial charge is 0.342 e. The van der Waals surface area contributed by atoms with Crippen molar-refractivity contribution in [2.24, 2.45) is 0 Å². The van der Waals surface area contributed by atoms with Crippen molar-refractivity contribution >= 4 is 35.2 Å². The lowest BCUT2D eigenvalue weighted by Crippen LogP contribution is -2.42. The SMILES string of the molecule is CC(=O)c1ccc(CC(=O)[C@H](Cc2ccc(=O)[nH]c2)NC(=O)/C=C/c2cc(Cl)ccc2-n2cnnn2)cc1. The number of halogens is 1. The summed E-state index contributed by atoms with van der Waals surface area (Å²) in [7, 11) is 0. The smallest absolute Gasteiger partial charge is 0.247 e. The predicted octanol–water partition coefficient (Wildman–Crippen LogP) is 2.76. The Kier molecular flexibility index (Phi) is 8.34. The summed E-state index contributed by atoms with van der Waals surface area (Å²) in [6.07, 6.45) is 6.01. The van der Waals surface area contributed by atoms with Crippen molar-refractivity contribution in [1.82, 2.24) is 30.5 Å². The molecule has 2 aromatic heterocycles. The summed E-state index contributed by atoms with van der Waals surface area (Å²) in [4.78, 5) is 51.7. The molecular formula is C27H23ClN6O4. The molecule has 0 unspecified atom stereocenters. The first kappa shape index (κ1) is 26.4. The molecule has 0 bridgehead atoms. The van der Waals surface area contributed by atoms with Gasteiger partial charge in [0.25, 0.3) is 0 Å². The monoisotopic (exact) mass is 530 g/mol. The fourth-order valence-corrected chi connectivity index (χ4v) is 3.94. The molecule has 0 saturated carbocycles. The van der Waals surface area contributed by atoms with E-state index in [9.17, 15) is 19.2 Å². The number of carbonyl (C=O) groups is 3. The highest BCUT2D eigenvalue weighted by atomic mass is 35.5. The van der Waals surface area contributed by atoms with E-state index in [1.54, 1.807) is 54.6 Å². The number of tetrazole rings is 1. The zero-order valence-corrected chi connectivity index (χ0v) is 21.1. The van der Waals surface area contributed by atoms with E-state index in [-0.39, 0.29) is 30.0 Å². The van der Waals surface area contributed by atoms with Gasteiger partial charge in [-0.3, -0.25) is 19.2 Å². The zero-order valence-electron chi connectivity index (χ0n) is 20.3. The maximum absolute atomic E-state index is 13.2. The van der Waals surface area contributed by atoms with E-state index in [1.807, 2.05) is 0 Å². The van der Waals surface area contributed by atoms with Crippen LogP contribution in [0.15, 0.2) is 78.0 Å². The summed E-state index contributed by atoms with van der Waals surface area (Å²) in [5, 5.41) is 14.4. The number of nitrogens with one attached hydrogen (secondary N) is 2. The number of pyridine rings is 1. The Morgan fingerprint density at radius 3 is 2.50 bits per heavy atom. The molecule has 1 amide bonds. The van der Waals surface area contributed by atoms with E-state index < -0.39 is 11.9 Å². The molecule has 4 rings (SSSR count). The molecule has 2 N–H and O–H groups in total. The normalized spacial score (nSPS) is 11.8. The third kappa shape index (κ3) is 6.95. The van der Waals surface area contributed by atoms with Crippen LogP contribution in [0, 0.1) is 0 Å². The third-order valence-electron chi connectivity index (χ3n) is 5.73. The maximum atomic E-state index is 13.2. The van der Waals surface area contributed by atoms with Gasteiger partial charge in [0.2, 0.25) is 11.5 Å². The molecule has 192 valence electrons. The third-order valence-corrected chi connectivity index (χ3v) is 5.97. The van der Waals surface area contributed by atoms with Gasteiger partial charge in [0.15, 0.2) is 11.6 Å². The van der Waals surface area contributed by atoms with Gasteiger partial charge in [-0.2, -0.15) is 4.68 Å². The van der Waals surface area contributed by atoms with Gasteiger partial charge in [-0.25, -0.2) is 0 Å². The van der Waals surface area contributed by atoms with Gasteiger partial charge in [0, 0.05) is 47.3 Å². The first-order valence-corrected chi connectivity index (χ1v) is 12.0. The quantitative estimate of drug-likeness (QED) is 0.237. The van der Waals surface area contributed by atoms with Gasteiger partial charge in [-0.15, -0.1) is 5.10 Å². The number of benzene rings is 2. The molecule has 1 atom stereocenters. The van der Waals surface area contributed by atoms with Gasteiger partial charge in [0.05, 0.1) is 11.7 Å². The first-order valence-electron chi connectivity index (χ1n) is 11.6. The Morgan fingerprint density at radius 1 is 1.08 bits per heavy atom. The number of hydrogen-bond acceptors (Lipinski definition) is 7. The van der Waals surface area contributed by atoms with Crippen molar-refractivity contribution in [3.63, 3.8) is 0 Å². The van der Waals surface area contributed by atoms with Gasteiger partial charge in [-0.05, 0) is 52.8 Å². The topological polar surface area (TPSA) is 140 Å². The molecular weight excluding hydrogens is 508 g/mol. The van der Waals surface area contributed by atoms with Crippen LogP contribution in [0.2, 0.25) is 5.02 Å². The van der Waals surface area contributed by atoms with E-state index in [0.717, 1.165) is 0 Å². The maximum Gasteiger partial charge on any atom is 0.247 e. The summed E-state index contributed by atoms with van der Waals surface area (Å²) in [6.45, 7) is 1.47. The number of Topliss-reactive ketones (excluding diaryl/α,β-unsaturated/α-hetero) is 2. The van der Waals surface area contributed by atoms with Gasteiger partial charge >= 0.3 is 0 Å². The van der Waals surface area contributed by atoms with Crippen LogP contribution >= 0.6 is 11.6 Å². The number of amides is 1. The van der Waals surface area contributed by atoms with E-state index in [4.69, 9.17) is 11.6 Å². The standard InChI is InChI=1S/C27H23ClN6O4/c1-17(35)20-5-2-18(3-6-20)13-25(36)23(12-19-4-10-26(37)29-15-19)31-27(38)11-7-21-14-22(28)8-9-24(21)34-16-30-32-33-34/h2-11,14-16,23H,12-13H2,1H3,(H,29,37)(H,31,38)/b11-7+/t23-/m0/s1. The molecule has 0 radical (unpaired) electrons. The molecule has 0 aliphatic carbocycles. The van der Waals surface area contributed by atoms with Crippen molar-refractivity contribution in [2.45, 2.75) is 25.8 Å². The van der Waals surface area contributed by atoms with Crippen molar-refractivity contribution in [2.75, 3.05) is 0 Å². The second-order valence-electron chi connectivity index (χ2n) is 8.51. The summed E-state index contributed by atoms with van der Waals surface area (Å²) >= 11 is 6.14. The van der Waals surface area contributed by atoms with Crippen molar-refractivity contribution in [3.8, 4) is 5.69 Å². The van der Waals surface area contributed by atoms with Crippen LogP contribution in [-0.4, -0.2) is 48.7 Å². The minimum absolute atomic E-state index is 0.0495. The highest BCUT2D eigenvalue weighted by Gasteiger charge is 2.21. The number of rotatable bonds is 10. The highest BCUT2D eigenvalue weighted by Crippen LogP contribution is 2.20. The van der Waals surface area contributed by atoms with E-state index in [2.05, 4.69) is 25.8 Å². The van der Waals surface area contributed by atoms with Crippen molar-refractivity contribution in [3.05, 3.63) is 111 Å². The highest BCUT2D eigenvalue weighted by molar-refractivity contribution is 6.30. The molecule has 0 spiro atoms. The van der Waals surface area contributed by atoms with Gasteiger partial charge in [-0.1, -0.05) is 41.9 Å². The number of ketones is 2. The van der Waals surface area contributed by atoms with Gasteiger partial charge in [0.1, 0.15) is 6.33 Å². The lowest BCUT2D eigenvalue weighted by molar-refractivity contribution is -0.125. The molecule has 11 heteroatoms. The second kappa shape index (κ2) is 12.0. The molecule has 2 heterocycles. The van der Waals surface area contributed by atoms with Crippen molar-refractivity contribution in [1.29, 1.82) is 0 Å². The molecule has 0 aliphatic heterocycles. The average molecular weight is 531 g/mol. The summed E-state index contributed by atoms with van der Waals surface area (Å²) in [6, 6.07) is 13.9. The van der Waals surface area contributed by atoms with E-state index >= 15 is 0 Å². The number of aromatic nitrogens is 5. The minimum atomic E-state index is -0.871. The van der Waals surface area contributed by atoms with Crippen LogP contribution < -0.4 is 10.9 Å². The van der Waals surface area contributed by atoms with Crippen LogP contribution in [0.5, 0.6) is 0 Å². The van der Waals surface area contributed by atoms with Crippen LogP contribution in [0.4, 0.5) is 0 Å². The molecule has 10 nitrogen and oxygen atoms in total. The van der Waals surface area contributed by atoms with Crippen LogP contribution in [0.25, 0.3) is 11.8 Å². The Balaban J connectivity index is 1.53. The van der Waals surface area contributed by atoms with E-state index in [1.165, 1.54) is 36.3 Å². The lowest BCUT2D eigenvalue weighted by atomic mass is 9.97. The van der Waals surface area contributed by atoms with Crippen LogP contribution in [-0.2, 0) is 22.4 Å². The summed E-state index contributed by atoms with van der Waals surface area (Å²) in [5.74, 6) is -0.797. The molecule has 2 aromatic carbocycles. The predicted molar refractivity (Wildman–Crippen MR) is 141 cm³/mol. The summed E-state index contributed by atoms with van der Waals surface area (Å²) in [5.41, 5.74) is 2.86. The number of hydrogen-bond donors (Lipinski definition) is 2. The number of carbonyl (C=O) groups excluding carboxylic acids is 3. The summed E-state index contributed by atoms with van der Waals surface area (Å²) < 4.78 is 1.44. The van der Waals surface area contributed by atoms with Crippen LogP contribution in [0.1, 0.15) is 34.0 Å². The molecule has 0 fully saturated rings. The lowest BCUT2D eigenvalue weighted by Gasteiger charge is -2.17. The van der Waals surface area contributed by atoms with Crippen LogP contribution in [0.3, 0.4) is 0 Å². The molecule has 4 aromatic rings. The Labute approximate surface area is 222 Å². The van der Waals surface area contributed by atoms with E-state index in [0.29, 0.717) is 33.0 Å². The molecule has 0 aliphatic rings. The zero-order chi connectivity index (χ0) is 27.1.